The van der Waals surface area contributed by atoms with Gasteiger partial charge in [-0.05, 0) is 32.9 Å². The molecule has 5 nitrogen and oxygen atoms in total. The second kappa shape index (κ2) is 4.61. The molecular formula is C12H18N2O3. The summed E-state index contributed by atoms with van der Waals surface area (Å²) >= 11 is 0. The minimum absolute atomic E-state index is 0.103. The average Bonchev–Trinajstić information content (AvgIpc) is 2.56. The van der Waals surface area contributed by atoms with Gasteiger partial charge in [-0.3, -0.25) is 9.59 Å². The van der Waals surface area contributed by atoms with Gasteiger partial charge < -0.3 is 15.0 Å². The Bertz CT molecular complexity index is 447. The van der Waals surface area contributed by atoms with Gasteiger partial charge in [0.15, 0.2) is 0 Å². The Hall–Kier alpha value is -1.78. The highest BCUT2D eigenvalue weighted by Crippen LogP contribution is 2.14. The Kier molecular flexibility index (Phi) is 3.60. The topological polar surface area (TPSA) is 71.3 Å². The molecule has 0 spiro atoms. The third-order valence-electron chi connectivity index (χ3n) is 2.88. The second-order valence-corrected chi connectivity index (χ2v) is 4.79. The van der Waals surface area contributed by atoms with Crippen molar-refractivity contribution in [1.82, 2.24) is 9.88 Å². The van der Waals surface area contributed by atoms with E-state index < -0.39 is 11.4 Å². The van der Waals surface area contributed by atoms with Gasteiger partial charge in [0.05, 0.1) is 5.41 Å². The summed E-state index contributed by atoms with van der Waals surface area (Å²) in [4.78, 5) is 22.7. The highest BCUT2D eigenvalue weighted by molar-refractivity contribution is 5.93. The molecule has 5 heteroatoms. The van der Waals surface area contributed by atoms with Gasteiger partial charge in [0, 0.05) is 19.3 Å². The molecule has 0 aliphatic rings. The monoisotopic (exact) mass is 238 g/mol. The van der Waals surface area contributed by atoms with E-state index in [0.29, 0.717) is 5.69 Å². The lowest BCUT2D eigenvalue weighted by molar-refractivity contribution is -0.146. The Balaban J connectivity index is 2.69. The van der Waals surface area contributed by atoms with Gasteiger partial charge in [0.1, 0.15) is 5.69 Å². The highest BCUT2D eigenvalue weighted by atomic mass is 16.4. The molecule has 17 heavy (non-hydrogen) atoms. The SMILES string of the molecule is Cc1ccc(C(=O)NCC(C)(C)C(=O)O)n1C. The van der Waals surface area contributed by atoms with Crippen molar-refractivity contribution in [2.75, 3.05) is 6.54 Å². The Morgan fingerprint density at radius 1 is 1.41 bits per heavy atom. The fourth-order valence-corrected chi connectivity index (χ4v) is 1.31. The van der Waals surface area contributed by atoms with Crippen molar-refractivity contribution in [3.8, 4) is 0 Å². The van der Waals surface area contributed by atoms with Crippen molar-refractivity contribution in [3.05, 3.63) is 23.5 Å². The van der Waals surface area contributed by atoms with Gasteiger partial charge in [-0.25, -0.2) is 0 Å². The number of carboxylic acid groups (broad SMARTS) is 1. The standard InChI is InChI=1S/C12H18N2O3/c1-8-5-6-9(14(8)4)10(15)13-7-12(2,3)11(16)17/h5-6H,7H2,1-4H3,(H,13,15)(H,16,17). The minimum atomic E-state index is -0.962. The molecule has 0 aromatic carbocycles. The maximum atomic E-state index is 11.8. The molecule has 0 saturated heterocycles. The van der Waals surface area contributed by atoms with Crippen molar-refractivity contribution >= 4 is 11.9 Å². The maximum absolute atomic E-state index is 11.8. The van der Waals surface area contributed by atoms with Crippen LogP contribution in [0.25, 0.3) is 0 Å². The molecule has 1 rings (SSSR count). The van der Waals surface area contributed by atoms with Gasteiger partial charge in [-0.15, -0.1) is 0 Å². The number of nitrogens with zero attached hydrogens (tertiary/aromatic N) is 1. The lowest BCUT2D eigenvalue weighted by atomic mass is 9.94. The third kappa shape index (κ3) is 2.87. The molecular weight excluding hydrogens is 220 g/mol. The molecule has 1 aromatic rings. The largest absolute Gasteiger partial charge is 0.481 e. The Morgan fingerprint density at radius 3 is 2.41 bits per heavy atom. The summed E-state index contributed by atoms with van der Waals surface area (Å²) in [5, 5.41) is 11.6. The van der Waals surface area contributed by atoms with Crippen LogP contribution in [0.5, 0.6) is 0 Å². The molecule has 0 fully saturated rings. The Morgan fingerprint density at radius 2 is 2.00 bits per heavy atom. The van der Waals surface area contributed by atoms with Crippen molar-refractivity contribution in [2.45, 2.75) is 20.8 Å². The van der Waals surface area contributed by atoms with Crippen LogP contribution in [0.15, 0.2) is 12.1 Å². The highest BCUT2D eigenvalue weighted by Gasteiger charge is 2.28. The van der Waals surface area contributed by atoms with Crippen molar-refractivity contribution in [2.24, 2.45) is 12.5 Å². The van der Waals surface area contributed by atoms with E-state index in [1.165, 1.54) is 0 Å². The van der Waals surface area contributed by atoms with Crippen molar-refractivity contribution in [1.29, 1.82) is 0 Å². The van der Waals surface area contributed by atoms with Crippen LogP contribution in [0.3, 0.4) is 0 Å². The van der Waals surface area contributed by atoms with Crippen LogP contribution in [-0.4, -0.2) is 28.1 Å². The van der Waals surface area contributed by atoms with E-state index in [4.69, 9.17) is 5.11 Å². The summed E-state index contributed by atoms with van der Waals surface area (Å²) < 4.78 is 1.77. The van der Waals surface area contributed by atoms with Crippen LogP contribution >= 0.6 is 0 Å². The molecule has 1 heterocycles. The average molecular weight is 238 g/mol. The summed E-state index contributed by atoms with van der Waals surface area (Å²) in [6.07, 6.45) is 0. The van der Waals surface area contributed by atoms with Crippen molar-refractivity contribution < 1.29 is 14.7 Å². The smallest absolute Gasteiger partial charge is 0.310 e. The van der Waals surface area contributed by atoms with Gasteiger partial charge >= 0.3 is 5.97 Å². The zero-order valence-electron chi connectivity index (χ0n) is 10.6. The first-order valence-corrected chi connectivity index (χ1v) is 5.39. The maximum Gasteiger partial charge on any atom is 0.310 e. The van der Waals surface area contributed by atoms with Gasteiger partial charge in [0.25, 0.3) is 5.91 Å². The number of carbonyl (C=O) groups excluding carboxylic acids is 1. The molecule has 0 atom stereocenters. The van der Waals surface area contributed by atoms with Gasteiger partial charge in [-0.1, -0.05) is 0 Å². The molecule has 1 amide bonds. The number of amides is 1. The lowest BCUT2D eigenvalue weighted by Gasteiger charge is -2.19. The second-order valence-electron chi connectivity index (χ2n) is 4.79. The third-order valence-corrected chi connectivity index (χ3v) is 2.88. The van der Waals surface area contributed by atoms with Crippen LogP contribution < -0.4 is 5.32 Å². The summed E-state index contributed by atoms with van der Waals surface area (Å²) in [5.41, 5.74) is 0.548. The summed E-state index contributed by atoms with van der Waals surface area (Å²) in [5.74, 6) is -1.18. The fraction of sp³-hybridized carbons (Fsp3) is 0.500. The number of carbonyl (C=O) groups is 2. The minimum Gasteiger partial charge on any atom is -0.481 e. The summed E-state index contributed by atoms with van der Waals surface area (Å²) in [7, 11) is 1.80. The van der Waals surface area contributed by atoms with E-state index >= 15 is 0 Å². The fourth-order valence-electron chi connectivity index (χ4n) is 1.31. The van der Waals surface area contributed by atoms with E-state index in [0.717, 1.165) is 5.69 Å². The number of rotatable bonds is 4. The zero-order valence-corrected chi connectivity index (χ0v) is 10.6. The molecule has 0 aliphatic carbocycles. The van der Waals surface area contributed by atoms with E-state index in [9.17, 15) is 9.59 Å². The number of carboxylic acids is 1. The molecule has 0 aliphatic heterocycles. The van der Waals surface area contributed by atoms with Crippen LogP contribution in [0.1, 0.15) is 30.0 Å². The van der Waals surface area contributed by atoms with E-state index in [1.807, 2.05) is 13.0 Å². The predicted octanol–water partition coefficient (Wildman–Crippen LogP) is 1.17. The van der Waals surface area contributed by atoms with E-state index in [2.05, 4.69) is 5.32 Å². The van der Waals surface area contributed by atoms with Crippen LogP contribution in [0.2, 0.25) is 0 Å². The zero-order chi connectivity index (χ0) is 13.2. The number of hydrogen-bond donors (Lipinski definition) is 2. The number of nitrogens with one attached hydrogen (secondary N) is 1. The normalized spacial score (nSPS) is 11.3. The molecule has 94 valence electrons. The molecule has 2 N–H and O–H groups in total. The molecule has 0 saturated carbocycles. The van der Waals surface area contributed by atoms with Crippen LogP contribution in [-0.2, 0) is 11.8 Å². The first kappa shape index (κ1) is 13.3. The molecule has 1 aromatic heterocycles. The summed E-state index contributed by atoms with van der Waals surface area (Å²) in [6.45, 7) is 5.15. The first-order valence-electron chi connectivity index (χ1n) is 5.39. The Labute approximate surface area is 100 Å². The quantitative estimate of drug-likeness (QED) is 0.827. The predicted molar refractivity (Wildman–Crippen MR) is 63.9 cm³/mol. The molecule has 0 radical (unpaired) electrons. The number of aliphatic carboxylic acids is 1. The molecule has 0 bridgehead atoms. The van der Waals surface area contributed by atoms with Crippen molar-refractivity contribution in [3.63, 3.8) is 0 Å². The molecule has 0 unspecified atom stereocenters. The van der Waals surface area contributed by atoms with Crippen LogP contribution in [0, 0.1) is 12.3 Å². The number of aromatic nitrogens is 1. The van der Waals surface area contributed by atoms with Crippen LogP contribution in [0.4, 0.5) is 0 Å². The number of aryl methyl sites for hydroxylation is 1. The number of hydrogen-bond acceptors (Lipinski definition) is 2. The van der Waals surface area contributed by atoms with E-state index in [-0.39, 0.29) is 12.5 Å². The van der Waals surface area contributed by atoms with E-state index in [1.54, 1.807) is 31.5 Å². The summed E-state index contributed by atoms with van der Waals surface area (Å²) in [6, 6.07) is 3.57. The van der Waals surface area contributed by atoms with Gasteiger partial charge in [0.2, 0.25) is 0 Å². The lowest BCUT2D eigenvalue weighted by Crippen LogP contribution is -2.39. The van der Waals surface area contributed by atoms with Gasteiger partial charge in [-0.2, -0.15) is 0 Å². The first-order chi connectivity index (χ1) is 7.75.